The molecule has 4 rings (SSSR count). The Bertz CT molecular complexity index is 320. The molecule has 0 N–H and O–H groups in total. The van der Waals surface area contributed by atoms with Crippen LogP contribution in [-0.4, -0.2) is 12.6 Å². The van der Waals surface area contributed by atoms with Crippen LogP contribution in [-0.2, 0) is 9.53 Å². The standard InChI is InChI=1S/C15H24O2/c1-3-4-17-13(16)15-8-11-5-12(9-15)7-14(2,6-11)10-15/h11-12H,3-10H2,1-2H3. The lowest BCUT2D eigenvalue weighted by Gasteiger charge is -2.59. The SMILES string of the molecule is CCCOC(=O)C12CC3CC(CC(C)(C3)C1)C2. The molecule has 4 saturated carbocycles. The van der Waals surface area contributed by atoms with E-state index in [0.717, 1.165) is 37.5 Å². The molecule has 0 radical (unpaired) electrons. The van der Waals surface area contributed by atoms with Crippen molar-refractivity contribution < 1.29 is 9.53 Å². The van der Waals surface area contributed by atoms with Crippen molar-refractivity contribution in [1.82, 2.24) is 0 Å². The number of hydrogen-bond donors (Lipinski definition) is 0. The molecular formula is C15H24O2. The maximum atomic E-state index is 12.4. The normalized spacial score (nSPS) is 47.2. The summed E-state index contributed by atoms with van der Waals surface area (Å²) in [4.78, 5) is 12.4. The van der Waals surface area contributed by atoms with Gasteiger partial charge in [0, 0.05) is 0 Å². The maximum Gasteiger partial charge on any atom is 0.312 e. The molecule has 4 aliphatic carbocycles. The van der Waals surface area contributed by atoms with Gasteiger partial charge in [0.15, 0.2) is 0 Å². The lowest BCUT2D eigenvalue weighted by molar-refractivity contribution is -0.179. The summed E-state index contributed by atoms with van der Waals surface area (Å²) >= 11 is 0. The number of esters is 1. The molecule has 2 atom stereocenters. The number of hydrogen-bond acceptors (Lipinski definition) is 2. The van der Waals surface area contributed by atoms with Gasteiger partial charge in [-0.1, -0.05) is 13.8 Å². The first-order valence-corrected chi connectivity index (χ1v) is 7.22. The molecule has 0 amide bonds. The Morgan fingerprint density at radius 1 is 1.24 bits per heavy atom. The zero-order chi connectivity index (χ0) is 12.1. The van der Waals surface area contributed by atoms with Crippen LogP contribution in [0.5, 0.6) is 0 Å². The molecule has 2 heteroatoms. The Labute approximate surface area is 104 Å². The molecule has 0 aromatic carbocycles. The van der Waals surface area contributed by atoms with E-state index in [2.05, 4.69) is 13.8 Å². The molecule has 2 nitrogen and oxygen atoms in total. The van der Waals surface area contributed by atoms with Gasteiger partial charge in [-0.05, 0) is 62.2 Å². The van der Waals surface area contributed by atoms with Gasteiger partial charge in [0.1, 0.15) is 0 Å². The second kappa shape index (κ2) is 3.73. The summed E-state index contributed by atoms with van der Waals surface area (Å²) in [5, 5.41) is 0. The molecule has 0 aliphatic heterocycles. The first-order valence-electron chi connectivity index (χ1n) is 7.22. The highest BCUT2D eigenvalue weighted by Crippen LogP contribution is 2.65. The third-order valence-corrected chi connectivity index (χ3v) is 5.22. The monoisotopic (exact) mass is 236 g/mol. The zero-order valence-corrected chi connectivity index (χ0v) is 11.1. The molecule has 17 heavy (non-hydrogen) atoms. The van der Waals surface area contributed by atoms with Crippen molar-refractivity contribution >= 4 is 5.97 Å². The second-order valence-electron chi connectivity index (χ2n) is 7.19. The average molecular weight is 236 g/mol. The van der Waals surface area contributed by atoms with Crippen LogP contribution < -0.4 is 0 Å². The first-order chi connectivity index (χ1) is 8.05. The lowest BCUT2D eigenvalue weighted by atomic mass is 9.44. The van der Waals surface area contributed by atoms with Crippen LogP contribution in [0, 0.1) is 22.7 Å². The van der Waals surface area contributed by atoms with Crippen molar-refractivity contribution in [3.05, 3.63) is 0 Å². The van der Waals surface area contributed by atoms with E-state index in [0.29, 0.717) is 12.0 Å². The third-order valence-electron chi connectivity index (χ3n) is 5.22. The van der Waals surface area contributed by atoms with E-state index in [1.165, 1.54) is 19.3 Å². The molecule has 2 unspecified atom stereocenters. The van der Waals surface area contributed by atoms with Crippen molar-refractivity contribution in [2.45, 2.75) is 58.8 Å². The average Bonchev–Trinajstić information content (AvgIpc) is 2.22. The van der Waals surface area contributed by atoms with E-state index in [1.807, 2.05) is 0 Å². The van der Waals surface area contributed by atoms with Crippen LogP contribution in [0.4, 0.5) is 0 Å². The van der Waals surface area contributed by atoms with E-state index in [9.17, 15) is 4.79 Å². The predicted molar refractivity (Wildman–Crippen MR) is 66.5 cm³/mol. The summed E-state index contributed by atoms with van der Waals surface area (Å²) in [6.45, 7) is 5.06. The fraction of sp³-hybridized carbons (Fsp3) is 0.933. The van der Waals surface area contributed by atoms with Crippen LogP contribution >= 0.6 is 0 Å². The van der Waals surface area contributed by atoms with Crippen LogP contribution in [0.15, 0.2) is 0 Å². The number of ether oxygens (including phenoxy) is 1. The van der Waals surface area contributed by atoms with Gasteiger partial charge in [0.05, 0.1) is 12.0 Å². The molecule has 0 aromatic heterocycles. The smallest absolute Gasteiger partial charge is 0.312 e. The largest absolute Gasteiger partial charge is 0.465 e. The van der Waals surface area contributed by atoms with Crippen LogP contribution in [0.2, 0.25) is 0 Å². The molecule has 0 saturated heterocycles. The zero-order valence-electron chi connectivity index (χ0n) is 11.1. The highest BCUT2D eigenvalue weighted by molar-refractivity contribution is 5.77. The molecule has 0 heterocycles. The highest BCUT2D eigenvalue weighted by Gasteiger charge is 2.59. The van der Waals surface area contributed by atoms with E-state index in [4.69, 9.17) is 4.74 Å². The van der Waals surface area contributed by atoms with Gasteiger partial charge in [-0.15, -0.1) is 0 Å². The molecule has 0 aromatic rings. The number of rotatable bonds is 3. The molecule has 96 valence electrons. The Hall–Kier alpha value is -0.530. The molecular weight excluding hydrogens is 212 g/mol. The van der Waals surface area contributed by atoms with E-state index in [1.54, 1.807) is 0 Å². The molecule has 0 spiro atoms. The molecule has 4 bridgehead atoms. The van der Waals surface area contributed by atoms with E-state index >= 15 is 0 Å². The summed E-state index contributed by atoms with van der Waals surface area (Å²) in [5.74, 6) is 1.73. The van der Waals surface area contributed by atoms with Gasteiger partial charge < -0.3 is 4.74 Å². The number of carbonyl (C=O) groups excluding carboxylic acids is 1. The quantitative estimate of drug-likeness (QED) is 0.700. The minimum Gasteiger partial charge on any atom is -0.465 e. The van der Waals surface area contributed by atoms with Gasteiger partial charge >= 0.3 is 5.97 Å². The topological polar surface area (TPSA) is 26.3 Å². The molecule has 4 fully saturated rings. The van der Waals surface area contributed by atoms with Crippen LogP contribution in [0.3, 0.4) is 0 Å². The Morgan fingerprint density at radius 2 is 1.88 bits per heavy atom. The number of carbonyl (C=O) groups is 1. The summed E-state index contributed by atoms with van der Waals surface area (Å²) < 4.78 is 5.48. The van der Waals surface area contributed by atoms with E-state index < -0.39 is 0 Å². The van der Waals surface area contributed by atoms with Crippen molar-refractivity contribution in [3.63, 3.8) is 0 Å². The Morgan fingerprint density at radius 3 is 2.41 bits per heavy atom. The third kappa shape index (κ3) is 1.80. The second-order valence-corrected chi connectivity index (χ2v) is 7.19. The lowest BCUT2D eigenvalue weighted by Crippen LogP contribution is -2.54. The summed E-state index contributed by atoms with van der Waals surface area (Å²) in [7, 11) is 0. The Balaban J connectivity index is 1.81. The van der Waals surface area contributed by atoms with Crippen molar-refractivity contribution in [2.24, 2.45) is 22.7 Å². The van der Waals surface area contributed by atoms with Gasteiger partial charge in [-0.2, -0.15) is 0 Å². The first kappa shape index (κ1) is 11.6. The highest BCUT2D eigenvalue weighted by atomic mass is 16.5. The summed E-state index contributed by atoms with van der Waals surface area (Å²) in [6.07, 6.45) is 8.34. The van der Waals surface area contributed by atoms with Gasteiger partial charge in [0.2, 0.25) is 0 Å². The minimum atomic E-state index is -0.0893. The Kier molecular flexibility index (Phi) is 2.53. The van der Waals surface area contributed by atoms with Crippen LogP contribution in [0.1, 0.15) is 58.8 Å². The van der Waals surface area contributed by atoms with Crippen molar-refractivity contribution in [3.8, 4) is 0 Å². The fourth-order valence-electron chi connectivity index (χ4n) is 5.31. The van der Waals surface area contributed by atoms with E-state index in [-0.39, 0.29) is 11.4 Å². The van der Waals surface area contributed by atoms with Crippen LogP contribution in [0.25, 0.3) is 0 Å². The van der Waals surface area contributed by atoms with Crippen molar-refractivity contribution in [1.29, 1.82) is 0 Å². The maximum absolute atomic E-state index is 12.4. The van der Waals surface area contributed by atoms with Gasteiger partial charge in [-0.3, -0.25) is 4.79 Å². The fourth-order valence-corrected chi connectivity index (χ4v) is 5.31. The van der Waals surface area contributed by atoms with Gasteiger partial charge in [-0.25, -0.2) is 0 Å². The summed E-state index contributed by atoms with van der Waals surface area (Å²) in [5.41, 5.74) is 0.351. The van der Waals surface area contributed by atoms with Crippen molar-refractivity contribution in [2.75, 3.05) is 6.61 Å². The molecule has 4 aliphatic rings. The summed E-state index contributed by atoms with van der Waals surface area (Å²) in [6, 6.07) is 0. The van der Waals surface area contributed by atoms with Gasteiger partial charge in [0.25, 0.3) is 0 Å². The predicted octanol–water partition coefficient (Wildman–Crippen LogP) is 3.55. The minimum absolute atomic E-state index is 0.0893.